The molecule has 0 unspecified atom stereocenters. The minimum Gasteiger partial charge on any atom is -0.406 e. The summed E-state index contributed by atoms with van der Waals surface area (Å²) in [6.45, 7) is 0. The van der Waals surface area contributed by atoms with E-state index in [0.29, 0.717) is 11.5 Å². The number of halogens is 4. The second-order valence-corrected chi connectivity index (χ2v) is 4.34. The molecule has 2 rings (SSSR count). The predicted molar refractivity (Wildman–Crippen MR) is 64.6 cm³/mol. The van der Waals surface area contributed by atoms with Crippen LogP contribution in [-0.4, -0.2) is 6.36 Å². The Morgan fingerprint density at radius 2 is 1.94 bits per heavy atom. The van der Waals surface area contributed by atoms with Crippen LogP contribution in [0.4, 0.5) is 13.2 Å². The highest BCUT2D eigenvalue weighted by atomic mass is 35.5. The summed E-state index contributed by atoms with van der Waals surface area (Å²) in [5.41, 5.74) is 6.70. The molecule has 0 bridgehead atoms. The molecule has 0 heterocycles. The lowest BCUT2D eigenvalue weighted by atomic mass is 9.77. The van der Waals surface area contributed by atoms with Crippen molar-refractivity contribution in [1.29, 1.82) is 0 Å². The number of hydrogen-bond donors (Lipinski definition) is 1. The zero-order chi connectivity index (χ0) is 12.5. The summed E-state index contributed by atoms with van der Waals surface area (Å²) in [7, 11) is 0. The van der Waals surface area contributed by atoms with Crippen LogP contribution in [0, 0.1) is 5.92 Å². The summed E-state index contributed by atoms with van der Waals surface area (Å²) in [5, 5.41) is 0. The van der Waals surface area contributed by atoms with Crippen molar-refractivity contribution in [1.82, 2.24) is 0 Å². The van der Waals surface area contributed by atoms with Gasteiger partial charge in [0.25, 0.3) is 0 Å². The van der Waals surface area contributed by atoms with Crippen LogP contribution >= 0.6 is 12.4 Å². The number of nitrogens with two attached hydrogens (primary N) is 1. The van der Waals surface area contributed by atoms with E-state index in [0.717, 1.165) is 19.3 Å². The molecule has 1 aliphatic rings. The van der Waals surface area contributed by atoms with Gasteiger partial charge in [0, 0.05) is 6.04 Å². The first-order valence-corrected chi connectivity index (χ1v) is 5.57. The second-order valence-electron chi connectivity index (χ2n) is 4.34. The topological polar surface area (TPSA) is 35.2 Å². The molecule has 2 N–H and O–H groups in total. The minimum atomic E-state index is -4.65. The fraction of sp³-hybridized carbons (Fsp3) is 0.500. The molecule has 102 valence electrons. The monoisotopic (exact) mass is 281 g/mol. The summed E-state index contributed by atoms with van der Waals surface area (Å²) in [5.74, 6) is 0.181. The molecule has 1 atom stereocenters. The van der Waals surface area contributed by atoms with Gasteiger partial charge in [0.15, 0.2) is 0 Å². The van der Waals surface area contributed by atoms with Crippen molar-refractivity contribution in [2.24, 2.45) is 11.7 Å². The van der Waals surface area contributed by atoms with Crippen molar-refractivity contribution >= 4 is 12.4 Å². The molecular weight excluding hydrogens is 267 g/mol. The lowest BCUT2D eigenvalue weighted by Gasteiger charge is -2.31. The molecule has 1 aromatic carbocycles. The Bertz CT molecular complexity index is 393. The van der Waals surface area contributed by atoms with Crippen molar-refractivity contribution in [2.45, 2.75) is 31.7 Å². The first-order chi connectivity index (χ1) is 7.96. The zero-order valence-electron chi connectivity index (χ0n) is 9.61. The van der Waals surface area contributed by atoms with E-state index in [1.54, 1.807) is 6.07 Å². The third-order valence-electron chi connectivity index (χ3n) is 3.13. The Labute approximate surface area is 110 Å². The quantitative estimate of drug-likeness (QED) is 0.914. The van der Waals surface area contributed by atoms with Crippen LogP contribution in [0.3, 0.4) is 0 Å². The number of benzene rings is 1. The third kappa shape index (κ3) is 3.78. The van der Waals surface area contributed by atoms with Gasteiger partial charge in [-0.3, -0.25) is 0 Å². The Morgan fingerprint density at radius 1 is 1.28 bits per heavy atom. The summed E-state index contributed by atoms with van der Waals surface area (Å²) < 4.78 is 40.0. The lowest BCUT2D eigenvalue weighted by molar-refractivity contribution is -0.274. The number of alkyl halides is 3. The molecule has 0 aliphatic heterocycles. The largest absolute Gasteiger partial charge is 0.573 e. The third-order valence-corrected chi connectivity index (χ3v) is 3.13. The number of ether oxygens (including phenoxy) is 1. The first kappa shape index (κ1) is 15.1. The van der Waals surface area contributed by atoms with Gasteiger partial charge < -0.3 is 10.5 Å². The van der Waals surface area contributed by atoms with E-state index in [1.165, 1.54) is 18.2 Å². The molecule has 0 radical (unpaired) electrons. The summed E-state index contributed by atoms with van der Waals surface area (Å²) in [6, 6.07) is 5.74. The molecule has 1 fully saturated rings. The van der Waals surface area contributed by atoms with Crippen molar-refractivity contribution in [3.05, 3.63) is 29.8 Å². The van der Waals surface area contributed by atoms with Gasteiger partial charge >= 0.3 is 6.36 Å². The second kappa shape index (κ2) is 5.80. The molecule has 2 nitrogen and oxygen atoms in total. The van der Waals surface area contributed by atoms with E-state index < -0.39 is 6.36 Å². The summed E-state index contributed by atoms with van der Waals surface area (Å²) >= 11 is 0. The van der Waals surface area contributed by atoms with E-state index in [-0.39, 0.29) is 24.2 Å². The highest BCUT2D eigenvalue weighted by Gasteiger charge is 2.31. The van der Waals surface area contributed by atoms with Crippen LogP contribution in [0.15, 0.2) is 24.3 Å². The van der Waals surface area contributed by atoms with Crippen LogP contribution in [-0.2, 0) is 0 Å². The highest BCUT2D eigenvalue weighted by molar-refractivity contribution is 5.85. The normalized spacial score (nSPS) is 17.6. The predicted octanol–water partition coefficient (Wildman–Crippen LogP) is 3.81. The Kier molecular flexibility index (Phi) is 4.87. The van der Waals surface area contributed by atoms with Crippen molar-refractivity contribution < 1.29 is 17.9 Å². The van der Waals surface area contributed by atoms with Crippen LogP contribution in [0.5, 0.6) is 5.75 Å². The van der Waals surface area contributed by atoms with Gasteiger partial charge in [0.1, 0.15) is 5.75 Å². The fourth-order valence-corrected chi connectivity index (χ4v) is 1.99. The minimum absolute atomic E-state index is 0. The lowest BCUT2D eigenvalue weighted by Crippen LogP contribution is -2.27. The smallest absolute Gasteiger partial charge is 0.406 e. The van der Waals surface area contributed by atoms with Crippen molar-refractivity contribution in [3.63, 3.8) is 0 Å². The SMILES string of the molecule is Cl.N[C@H](c1cccc(OC(F)(F)F)c1)C1CCC1. The van der Waals surface area contributed by atoms with Gasteiger partial charge in [0.2, 0.25) is 0 Å². The van der Waals surface area contributed by atoms with Crippen LogP contribution in [0.2, 0.25) is 0 Å². The van der Waals surface area contributed by atoms with Gasteiger partial charge in [-0.2, -0.15) is 0 Å². The maximum Gasteiger partial charge on any atom is 0.573 e. The van der Waals surface area contributed by atoms with E-state index in [9.17, 15) is 13.2 Å². The van der Waals surface area contributed by atoms with E-state index in [4.69, 9.17) is 5.73 Å². The molecule has 18 heavy (non-hydrogen) atoms. The average Bonchev–Trinajstić information content (AvgIpc) is 2.12. The molecule has 0 amide bonds. The molecule has 1 saturated carbocycles. The molecular formula is C12H15ClF3NO. The van der Waals surface area contributed by atoms with Crippen LogP contribution < -0.4 is 10.5 Å². The van der Waals surface area contributed by atoms with E-state index in [2.05, 4.69) is 4.74 Å². The van der Waals surface area contributed by atoms with Gasteiger partial charge in [-0.15, -0.1) is 25.6 Å². The first-order valence-electron chi connectivity index (χ1n) is 5.57. The molecule has 1 aliphatic carbocycles. The Hall–Kier alpha value is -0.940. The van der Waals surface area contributed by atoms with Gasteiger partial charge in [-0.05, 0) is 36.5 Å². The fourth-order valence-electron chi connectivity index (χ4n) is 1.99. The standard InChI is InChI=1S/C12H14F3NO.ClH/c13-12(14,15)17-10-6-2-5-9(7-10)11(16)8-3-1-4-8;/h2,5-8,11H,1,3-4,16H2;1H/t11-;/m0./s1. The van der Waals surface area contributed by atoms with Crippen molar-refractivity contribution in [3.8, 4) is 5.75 Å². The van der Waals surface area contributed by atoms with Crippen LogP contribution in [0.1, 0.15) is 30.9 Å². The van der Waals surface area contributed by atoms with E-state index >= 15 is 0 Å². The van der Waals surface area contributed by atoms with Crippen molar-refractivity contribution in [2.75, 3.05) is 0 Å². The number of rotatable bonds is 3. The van der Waals surface area contributed by atoms with Crippen LogP contribution in [0.25, 0.3) is 0 Å². The average molecular weight is 282 g/mol. The summed E-state index contributed by atoms with van der Waals surface area (Å²) in [4.78, 5) is 0. The summed E-state index contributed by atoms with van der Waals surface area (Å²) in [6.07, 6.45) is -1.41. The molecule has 6 heteroatoms. The Morgan fingerprint density at radius 3 is 2.44 bits per heavy atom. The maximum atomic E-state index is 12.1. The molecule has 0 spiro atoms. The maximum absolute atomic E-state index is 12.1. The Balaban J connectivity index is 0.00000162. The number of hydrogen-bond acceptors (Lipinski definition) is 2. The van der Waals surface area contributed by atoms with E-state index in [1.807, 2.05) is 0 Å². The highest BCUT2D eigenvalue weighted by Crippen LogP contribution is 2.37. The molecule has 0 aromatic heterocycles. The van der Waals surface area contributed by atoms with Gasteiger partial charge in [0.05, 0.1) is 0 Å². The molecule has 0 saturated heterocycles. The van der Waals surface area contributed by atoms with Gasteiger partial charge in [-0.1, -0.05) is 18.6 Å². The molecule has 1 aromatic rings. The zero-order valence-corrected chi connectivity index (χ0v) is 10.4. The van der Waals surface area contributed by atoms with Gasteiger partial charge in [-0.25, -0.2) is 0 Å².